The van der Waals surface area contributed by atoms with Crippen molar-refractivity contribution in [2.24, 2.45) is 5.41 Å². The van der Waals surface area contributed by atoms with Gasteiger partial charge in [0.25, 0.3) is 5.91 Å². The number of halogens is 5. The van der Waals surface area contributed by atoms with Crippen LogP contribution in [0.2, 0.25) is 5.02 Å². The third-order valence-electron chi connectivity index (χ3n) is 6.05. The molecule has 4 aliphatic carbocycles. The zero-order chi connectivity index (χ0) is 22.2. The number of benzene rings is 1. The summed E-state index contributed by atoms with van der Waals surface area (Å²) in [6.45, 7) is -0.260. The van der Waals surface area contributed by atoms with Crippen molar-refractivity contribution < 1.29 is 35.5 Å². The first-order chi connectivity index (χ1) is 13.6. The quantitative estimate of drug-likeness (QED) is 0.661. The van der Waals surface area contributed by atoms with E-state index in [1.54, 1.807) is 4.72 Å². The lowest BCUT2D eigenvalue weighted by Crippen LogP contribution is -2.66. The lowest BCUT2D eigenvalue weighted by Gasteiger charge is -2.62. The number of ether oxygens (including phenoxy) is 1. The van der Waals surface area contributed by atoms with Crippen LogP contribution in [-0.2, 0) is 10.0 Å². The predicted octanol–water partition coefficient (Wildman–Crippen LogP) is 4.04. The number of alkyl halides is 3. The fourth-order valence-electron chi connectivity index (χ4n) is 5.89. The predicted molar refractivity (Wildman–Crippen MR) is 101 cm³/mol. The molecular formula is C19H20ClF4NO4S. The molecule has 4 fully saturated rings. The average Bonchev–Trinajstić information content (AvgIpc) is 2.49. The first-order valence-electron chi connectivity index (χ1n) is 9.34. The molecule has 0 atom stereocenters. The van der Waals surface area contributed by atoms with Gasteiger partial charge in [0.2, 0.25) is 10.0 Å². The summed E-state index contributed by atoms with van der Waals surface area (Å²) in [6, 6.07) is 1.69. The molecule has 0 heterocycles. The number of carbonyl (C=O) groups is 1. The van der Waals surface area contributed by atoms with Crippen LogP contribution in [0.3, 0.4) is 0 Å². The summed E-state index contributed by atoms with van der Waals surface area (Å²) in [6.07, 6.45) is -0.391. The maximum atomic E-state index is 15.1. The Kier molecular flexibility index (Phi) is 4.68. The summed E-state index contributed by atoms with van der Waals surface area (Å²) in [5.41, 5.74) is -7.52. The summed E-state index contributed by atoms with van der Waals surface area (Å²) in [4.78, 5) is 11.9. The molecule has 4 bridgehead atoms. The minimum Gasteiger partial charge on any atom is -0.491 e. The molecule has 166 valence electrons. The van der Waals surface area contributed by atoms with E-state index < -0.39 is 49.7 Å². The Balaban J connectivity index is 1.55. The van der Waals surface area contributed by atoms with Crippen LogP contribution in [0.4, 0.5) is 17.6 Å². The van der Waals surface area contributed by atoms with E-state index in [-0.39, 0.29) is 55.9 Å². The molecule has 1 amide bonds. The van der Waals surface area contributed by atoms with Gasteiger partial charge < -0.3 is 4.74 Å². The number of sulfonamides is 1. The second-order valence-corrected chi connectivity index (χ2v) is 11.4. The lowest BCUT2D eigenvalue weighted by atomic mass is 9.46. The molecule has 30 heavy (non-hydrogen) atoms. The van der Waals surface area contributed by atoms with Gasteiger partial charge in [-0.05, 0) is 25.3 Å². The van der Waals surface area contributed by atoms with Gasteiger partial charge >= 0.3 is 0 Å². The van der Waals surface area contributed by atoms with Crippen molar-refractivity contribution >= 4 is 27.5 Å². The molecule has 11 heteroatoms. The van der Waals surface area contributed by atoms with Crippen molar-refractivity contribution in [1.82, 2.24) is 4.72 Å². The van der Waals surface area contributed by atoms with Crippen molar-refractivity contribution in [1.29, 1.82) is 0 Å². The van der Waals surface area contributed by atoms with Gasteiger partial charge in [-0.1, -0.05) is 11.6 Å². The van der Waals surface area contributed by atoms with E-state index in [4.69, 9.17) is 16.3 Å². The van der Waals surface area contributed by atoms with Crippen molar-refractivity contribution in [3.63, 3.8) is 0 Å². The second-order valence-electron chi connectivity index (χ2n) is 9.27. The zero-order valence-corrected chi connectivity index (χ0v) is 17.6. The minimum atomic E-state index is -3.91. The summed E-state index contributed by atoms with van der Waals surface area (Å²) >= 11 is 6.04. The van der Waals surface area contributed by atoms with Crippen LogP contribution in [-0.4, -0.2) is 44.2 Å². The van der Waals surface area contributed by atoms with Crippen molar-refractivity contribution in [3.8, 4) is 5.75 Å². The molecule has 0 radical (unpaired) electrons. The number of hydrogen-bond acceptors (Lipinski definition) is 4. The Hall–Kier alpha value is -1.55. The summed E-state index contributed by atoms with van der Waals surface area (Å²) in [5.74, 6) is -2.48. The van der Waals surface area contributed by atoms with E-state index >= 15 is 13.2 Å². The van der Waals surface area contributed by atoms with Gasteiger partial charge in [-0.2, -0.15) is 0 Å². The number of hydrogen-bond donors (Lipinski definition) is 1. The molecule has 4 aliphatic rings. The van der Waals surface area contributed by atoms with E-state index in [1.165, 1.54) is 0 Å². The first kappa shape index (κ1) is 21.7. The largest absolute Gasteiger partial charge is 0.491 e. The van der Waals surface area contributed by atoms with Gasteiger partial charge in [0.05, 0.1) is 23.4 Å². The van der Waals surface area contributed by atoms with Gasteiger partial charge in [-0.25, -0.2) is 30.7 Å². The standard InChI is InChI=1S/C19H20ClF4NO4S/c1-30(27,28)25-15(26)11-2-12(20)14(3-13(11)21)29-10-16-4-17(22)7-18(23,5-16)9-19(24,6-16)8-17/h2-3H,4-10H2,1H3,(H,25,26). The number of rotatable bonds is 5. The number of amides is 1. The Morgan fingerprint density at radius 2 is 1.57 bits per heavy atom. The number of carbonyl (C=O) groups excluding carboxylic acids is 1. The zero-order valence-electron chi connectivity index (χ0n) is 16.0. The fourth-order valence-corrected chi connectivity index (χ4v) is 6.56. The highest BCUT2D eigenvalue weighted by Crippen LogP contribution is 2.68. The molecule has 1 aromatic carbocycles. The van der Waals surface area contributed by atoms with Gasteiger partial charge in [0, 0.05) is 30.7 Å². The van der Waals surface area contributed by atoms with Gasteiger partial charge in [-0.3, -0.25) is 4.79 Å². The number of nitrogens with one attached hydrogen (secondary N) is 1. The molecule has 0 saturated heterocycles. The minimum absolute atomic E-state index is 0.0493. The van der Waals surface area contributed by atoms with E-state index in [0.29, 0.717) is 0 Å². The maximum absolute atomic E-state index is 15.1. The fraction of sp³-hybridized carbons (Fsp3) is 0.632. The van der Waals surface area contributed by atoms with E-state index in [2.05, 4.69) is 0 Å². The molecule has 5 rings (SSSR count). The molecule has 5 nitrogen and oxygen atoms in total. The van der Waals surface area contributed by atoms with Crippen LogP contribution in [0.1, 0.15) is 48.9 Å². The molecule has 1 aromatic rings. The Labute approximate surface area is 176 Å². The van der Waals surface area contributed by atoms with Crippen LogP contribution >= 0.6 is 11.6 Å². The van der Waals surface area contributed by atoms with Gasteiger partial charge in [0.15, 0.2) is 0 Å². The van der Waals surface area contributed by atoms with Crippen LogP contribution in [0.25, 0.3) is 0 Å². The van der Waals surface area contributed by atoms with Crippen LogP contribution in [0.15, 0.2) is 12.1 Å². The highest BCUT2D eigenvalue weighted by atomic mass is 35.5. The Morgan fingerprint density at radius 3 is 2.03 bits per heavy atom. The van der Waals surface area contributed by atoms with Crippen LogP contribution < -0.4 is 9.46 Å². The van der Waals surface area contributed by atoms with Gasteiger partial charge in [0.1, 0.15) is 28.6 Å². The van der Waals surface area contributed by atoms with E-state index in [0.717, 1.165) is 18.4 Å². The maximum Gasteiger partial charge on any atom is 0.267 e. The van der Waals surface area contributed by atoms with Crippen LogP contribution in [0, 0.1) is 11.2 Å². The smallest absolute Gasteiger partial charge is 0.267 e. The average molecular weight is 470 g/mol. The SMILES string of the molecule is CS(=O)(=O)NC(=O)c1cc(Cl)c(OCC23CC4(F)CC(F)(CC(F)(C4)C2)C3)cc1F. The summed E-state index contributed by atoms with van der Waals surface area (Å²) in [5, 5.41) is -0.195. The monoisotopic (exact) mass is 469 g/mol. The molecular weight excluding hydrogens is 450 g/mol. The van der Waals surface area contributed by atoms with Gasteiger partial charge in [-0.15, -0.1) is 0 Å². The highest BCUT2D eigenvalue weighted by molar-refractivity contribution is 7.89. The molecule has 0 aliphatic heterocycles. The topological polar surface area (TPSA) is 72.5 Å². The molecule has 0 spiro atoms. The van der Waals surface area contributed by atoms with Crippen molar-refractivity contribution in [2.75, 3.05) is 12.9 Å². The first-order valence-corrected chi connectivity index (χ1v) is 11.6. The Morgan fingerprint density at radius 1 is 1.07 bits per heavy atom. The molecule has 0 aromatic heterocycles. The lowest BCUT2D eigenvalue weighted by molar-refractivity contribution is -0.223. The third kappa shape index (κ3) is 4.00. The summed E-state index contributed by atoms with van der Waals surface area (Å²) in [7, 11) is -3.91. The molecule has 1 N–H and O–H groups in total. The molecule has 4 saturated carbocycles. The summed E-state index contributed by atoms with van der Waals surface area (Å²) < 4.78 is 89.0. The van der Waals surface area contributed by atoms with Crippen molar-refractivity contribution in [3.05, 3.63) is 28.5 Å². The molecule has 0 unspecified atom stereocenters. The highest BCUT2D eigenvalue weighted by Gasteiger charge is 2.70. The second kappa shape index (κ2) is 6.48. The Bertz CT molecular complexity index is 980. The van der Waals surface area contributed by atoms with Crippen molar-refractivity contribution in [2.45, 2.75) is 55.5 Å². The van der Waals surface area contributed by atoms with E-state index in [9.17, 15) is 17.6 Å². The third-order valence-corrected chi connectivity index (χ3v) is 6.91. The normalized spacial score (nSPS) is 37.3. The van der Waals surface area contributed by atoms with E-state index in [1.807, 2.05) is 0 Å². The van der Waals surface area contributed by atoms with Crippen LogP contribution in [0.5, 0.6) is 5.75 Å².